The molecular weight excluding hydrogens is 222 g/mol. The van der Waals surface area contributed by atoms with Gasteiger partial charge in [-0.25, -0.2) is 0 Å². The molecule has 0 heterocycles. The first-order chi connectivity index (χ1) is 7.88. The zero-order valence-corrected chi connectivity index (χ0v) is 10.1. The fourth-order valence-electron chi connectivity index (χ4n) is 1.66. The fraction of sp³-hybridized carbons (Fsp3) is 0.417. The highest BCUT2D eigenvalue weighted by Crippen LogP contribution is 2.28. The van der Waals surface area contributed by atoms with Crippen molar-refractivity contribution in [3.63, 3.8) is 0 Å². The highest BCUT2D eigenvalue weighted by Gasteiger charge is 2.31. The summed E-state index contributed by atoms with van der Waals surface area (Å²) in [4.78, 5) is 21.9. The third kappa shape index (κ3) is 3.03. The number of hydrogen-bond donors (Lipinski definition) is 0. The minimum atomic E-state index is -0.777. The van der Waals surface area contributed by atoms with Crippen LogP contribution in [-0.2, 0) is 16.0 Å². The Hall–Kier alpha value is -1.91. The lowest BCUT2D eigenvalue weighted by molar-refractivity contribution is -0.385. The maximum Gasteiger partial charge on any atom is 0.311 e. The number of benzene rings is 1. The Labute approximate surface area is 99.5 Å². The SMILES string of the molecule is COC(=O)C(C)(C)Cc1ccccc1[N+](=O)[O-]. The van der Waals surface area contributed by atoms with Gasteiger partial charge in [0.05, 0.1) is 17.4 Å². The van der Waals surface area contributed by atoms with Crippen LogP contribution in [-0.4, -0.2) is 18.0 Å². The molecule has 1 rings (SSSR count). The number of nitrogens with zero attached hydrogens (tertiary/aromatic N) is 1. The average Bonchev–Trinajstić information content (AvgIpc) is 2.27. The molecule has 0 spiro atoms. The van der Waals surface area contributed by atoms with Crippen molar-refractivity contribution in [2.24, 2.45) is 5.41 Å². The highest BCUT2D eigenvalue weighted by molar-refractivity contribution is 5.76. The van der Waals surface area contributed by atoms with Crippen LogP contribution >= 0.6 is 0 Å². The molecule has 0 saturated heterocycles. The predicted octanol–water partition coefficient (Wildman–Crippen LogP) is 2.34. The number of nitro benzene ring substituents is 1. The van der Waals surface area contributed by atoms with Gasteiger partial charge in [-0.3, -0.25) is 14.9 Å². The van der Waals surface area contributed by atoms with Crippen molar-refractivity contribution in [3.8, 4) is 0 Å². The number of hydrogen-bond acceptors (Lipinski definition) is 4. The fourth-order valence-corrected chi connectivity index (χ4v) is 1.66. The van der Waals surface area contributed by atoms with E-state index in [4.69, 9.17) is 0 Å². The summed E-state index contributed by atoms with van der Waals surface area (Å²) in [5, 5.41) is 10.8. The van der Waals surface area contributed by atoms with Gasteiger partial charge in [-0.05, 0) is 20.3 Å². The van der Waals surface area contributed by atoms with E-state index in [1.54, 1.807) is 32.0 Å². The number of rotatable bonds is 4. The Kier molecular flexibility index (Phi) is 3.83. The van der Waals surface area contributed by atoms with Gasteiger partial charge in [0.25, 0.3) is 5.69 Å². The van der Waals surface area contributed by atoms with Crippen LogP contribution in [0.25, 0.3) is 0 Å². The van der Waals surface area contributed by atoms with E-state index >= 15 is 0 Å². The first-order valence-electron chi connectivity index (χ1n) is 5.19. The van der Waals surface area contributed by atoms with Crippen LogP contribution in [0.3, 0.4) is 0 Å². The number of methoxy groups -OCH3 is 1. The van der Waals surface area contributed by atoms with Crippen LogP contribution in [0.2, 0.25) is 0 Å². The molecule has 5 heteroatoms. The van der Waals surface area contributed by atoms with Gasteiger partial charge in [0.15, 0.2) is 0 Å². The molecule has 0 amide bonds. The van der Waals surface area contributed by atoms with E-state index < -0.39 is 10.3 Å². The molecule has 0 aromatic heterocycles. The summed E-state index contributed by atoms with van der Waals surface area (Å²) < 4.78 is 4.68. The molecule has 92 valence electrons. The topological polar surface area (TPSA) is 69.4 Å². The monoisotopic (exact) mass is 237 g/mol. The van der Waals surface area contributed by atoms with E-state index in [1.807, 2.05) is 0 Å². The molecular formula is C12H15NO4. The zero-order chi connectivity index (χ0) is 13.1. The number of ether oxygens (including phenoxy) is 1. The first kappa shape index (κ1) is 13.2. The lowest BCUT2D eigenvalue weighted by Gasteiger charge is -2.21. The van der Waals surface area contributed by atoms with Crippen LogP contribution in [0.5, 0.6) is 0 Å². The molecule has 0 atom stereocenters. The lowest BCUT2D eigenvalue weighted by atomic mass is 9.85. The van der Waals surface area contributed by atoms with Crippen molar-refractivity contribution in [3.05, 3.63) is 39.9 Å². The van der Waals surface area contributed by atoms with Crippen molar-refractivity contribution >= 4 is 11.7 Å². The molecule has 0 aliphatic heterocycles. The number of nitro groups is 1. The first-order valence-corrected chi connectivity index (χ1v) is 5.19. The number of esters is 1. The highest BCUT2D eigenvalue weighted by atomic mass is 16.6. The van der Waals surface area contributed by atoms with Gasteiger partial charge in [-0.2, -0.15) is 0 Å². The summed E-state index contributed by atoms with van der Waals surface area (Å²) in [5.41, 5.74) is -0.210. The van der Waals surface area contributed by atoms with E-state index in [1.165, 1.54) is 13.2 Å². The summed E-state index contributed by atoms with van der Waals surface area (Å²) in [7, 11) is 1.31. The number of carbonyl (C=O) groups excluding carboxylic acids is 1. The second-order valence-electron chi connectivity index (χ2n) is 4.44. The third-order valence-electron chi connectivity index (χ3n) is 2.56. The van der Waals surface area contributed by atoms with Crippen LogP contribution in [0.4, 0.5) is 5.69 Å². The molecule has 0 radical (unpaired) electrons. The molecule has 0 aliphatic rings. The summed E-state index contributed by atoms with van der Waals surface area (Å²) in [6.07, 6.45) is 0.275. The third-order valence-corrected chi connectivity index (χ3v) is 2.56. The van der Waals surface area contributed by atoms with Crippen LogP contribution in [0.15, 0.2) is 24.3 Å². The van der Waals surface area contributed by atoms with Crippen molar-refractivity contribution in [1.82, 2.24) is 0 Å². The smallest absolute Gasteiger partial charge is 0.311 e. The van der Waals surface area contributed by atoms with E-state index in [0.717, 1.165) is 0 Å². The second kappa shape index (κ2) is 4.95. The predicted molar refractivity (Wildman–Crippen MR) is 62.6 cm³/mol. The van der Waals surface area contributed by atoms with Gasteiger partial charge >= 0.3 is 5.97 Å². The quantitative estimate of drug-likeness (QED) is 0.458. The summed E-state index contributed by atoms with van der Waals surface area (Å²) in [6, 6.07) is 6.41. The lowest BCUT2D eigenvalue weighted by Crippen LogP contribution is -2.28. The van der Waals surface area contributed by atoms with E-state index in [-0.39, 0.29) is 18.1 Å². The van der Waals surface area contributed by atoms with Crippen LogP contribution in [0, 0.1) is 15.5 Å². The molecule has 0 bridgehead atoms. The van der Waals surface area contributed by atoms with Crippen molar-refractivity contribution in [1.29, 1.82) is 0 Å². The van der Waals surface area contributed by atoms with Gasteiger partial charge in [0, 0.05) is 11.6 Å². The molecule has 17 heavy (non-hydrogen) atoms. The normalized spacial score (nSPS) is 11.0. The molecule has 0 saturated carbocycles. The summed E-state index contributed by atoms with van der Waals surface area (Å²) >= 11 is 0. The van der Waals surface area contributed by atoms with E-state index in [0.29, 0.717) is 5.56 Å². The van der Waals surface area contributed by atoms with Crippen molar-refractivity contribution in [2.45, 2.75) is 20.3 Å². The Morgan fingerprint density at radius 2 is 2.00 bits per heavy atom. The molecule has 1 aromatic rings. The average molecular weight is 237 g/mol. The van der Waals surface area contributed by atoms with Gasteiger partial charge in [0.2, 0.25) is 0 Å². The van der Waals surface area contributed by atoms with E-state index in [2.05, 4.69) is 4.74 Å². The molecule has 0 aliphatic carbocycles. The minimum Gasteiger partial charge on any atom is -0.469 e. The molecule has 0 N–H and O–H groups in total. The number of carbonyl (C=O) groups is 1. The van der Waals surface area contributed by atoms with Gasteiger partial charge in [-0.1, -0.05) is 18.2 Å². The Bertz CT molecular complexity index is 440. The number of para-hydroxylation sites is 1. The largest absolute Gasteiger partial charge is 0.469 e. The van der Waals surface area contributed by atoms with Gasteiger partial charge in [0.1, 0.15) is 0 Å². The minimum absolute atomic E-state index is 0.0319. The summed E-state index contributed by atoms with van der Waals surface area (Å²) in [5.74, 6) is -0.379. The van der Waals surface area contributed by atoms with Crippen molar-refractivity contribution < 1.29 is 14.5 Å². The molecule has 0 fully saturated rings. The standard InChI is InChI=1S/C12H15NO4/c1-12(2,11(14)17-3)8-9-6-4-5-7-10(9)13(15)16/h4-7H,8H2,1-3H3. The van der Waals surface area contributed by atoms with Gasteiger partial charge < -0.3 is 4.74 Å². The van der Waals surface area contributed by atoms with Gasteiger partial charge in [-0.15, -0.1) is 0 Å². The molecule has 0 unspecified atom stereocenters. The van der Waals surface area contributed by atoms with Crippen molar-refractivity contribution in [2.75, 3.05) is 7.11 Å². The van der Waals surface area contributed by atoms with Crippen LogP contribution in [0.1, 0.15) is 19.4 Å². The van der Waals surface area contributed by atoms with E-state index in [9.17, 15) is 14.9 Å². The second-order valence-corrected chi connectivity index (χ2v) is 4.44. The Morgan fingerprint density at radius 1 is 1.41 bits per heavy atom. The summed E-state index contributed by atoms with van der Waals surface area (Å²) in [6.45, 7) is 3.41. The Balaban J connectivity index is 3.03. The molecule has 5 nitrogen and oxygen atoms in total. The molecule has 1 aromatic carbocycles. The Morgan fingerprint density at radius 3 is 2.53 bits per heavy atom. The van der Waals surface area contributed by atoms with Crippen LogP contribution < -0.4 is 0 Å². The maximum atomic E-state index is 11.5. The maximum absolute atomic E-state index is 11.5. The zero-order valence-electron chi connectivity index (χ0n) is 10.1.